The Bertz CT molecular complexity index is 720. The smallest absolute Gasteiger partial charge is 0.303 e. The Morgan fingerprint density at radius 2 is 1.71 bits per heavy atom. The summed E-state index contributed by atoms with van der Waals surface area (Å²) < 4.78 is 0. The van der Waals surface area contributed by atoms with Crippen LogP contribution in [0.25, 0.3) is 6.08 Å². The van der Waals surface area contributed by atoms with Gasteiger partial charge in [-0.3, -0.25) is 14.5 Å². The SMILES string of the molecule is Cl.N#C/C(=C/c1ccc(O)cc1)C(=O)N1CCN(CCCCCC(=O)O)CC1. The van der Waals surface area contributed by atoms with Gasteiger partial charge in [0.15, 0.2) is 0 Å². The van der Waals surface area contributed by atoms with E-state index in [1.165, 1.54) is 18.2 Å². The third-order valence-corrected chi connectivity index (χ3v) is 4.58. The van der Waals surface area contributed by atoms with Crippen molar-refractivity contribution in [2.45, 2.75) is 25.7 Å². The molecule has 0 spiro atoms. The fraction of sp³-hybridized carbons (Fsp3) is 0.450. The number of halogens is 1. The van der Waals surface area contributed by atoms with E-state index in [0.29, 0.717) is 25.1 Å². The van der Waals surface area contributed by atoms with Gasteiger partial charge in [0.05, 0.1) is 0 Å². The van der Waals surface area contributed by atoms with E-state index in [9.17, 15) is 20.0 Å². The standard InChI is InChI=1S/C20H25N3O4.ClH/c21-15-17(14-16-5-7-18(24)8-6-16)20(27)23-12-10-22(11-13-23)9-3-1-2-4-19(25)26;/h5-8,14,24H,1-4,9-13H2,(H,25,26);1H/b17-14-;. The van der Waals surface area contributed by atoms with Crippen LogP contribution in [0.3, 0.4) is 0 Å². The van der Waals surface area contributed by atoms with Crippen molar-refractivity contribution in [3.8, 4) is 11.8 Å². The molecule has 152 valence electrons. The van der Waals surface area contributed by atoms with Crippen LogP contribution in [0.1, 0.15) is 31.2 Å². The van der Waals surface area contributed by atoms with Crippen molar-refractivity contribution in [2.24, 2.45) is 0 Å². The molecule has 1 aromatic rings. The van der Waals surface area contributed by atoms with Crippen molar-refractivity contribution in [1.29, 1.82) is 5.26 Å². The van der Waals surface area contributed by atoms with Crippen molar-refractivity contribution in [3.05, 3.63) is 35.4 Å². The molecule has 0 radical (unpaired) electrons. The normalized spacial score (nSPS) is 14.8. The summed E-state index contributed by atoms with van der Waals surface area (Å²) in [5.41, 5.74) is 0.778. The maximum Gasteiger partial charge on any atom is 0.303 e. The molecule has 0 bridgehead atoms. The van der Waals surface area contributed by atoms with Gasteiger partial charge in [-0.15, -0.1) is 12.4 Å². The average molecular weight is 408 g/mol. The number of hydrogen-bond donors (Lipinski definition) is 2. The predicted molar refractivity (Wildman–Crippen MR) is 108 cm³/mol. The zero-order valence-electron chi connectivity index (χ0n) is 15.7. The molecule has 1 saturated heterocycles. The molecule has 0 aromatic heterocycles. The highest BCUT2D eigenvalue weighted by molar-refractivity contribution is 6.01. The molecule has 2 rings (SSSR count). The second-order valence-corrected chi connectivity index (χ2v) is 6.60. The van der Waals surface area contributed by atoms with Gasteiger partial charge < -0.3 is 15.1 Å². The molecule has 0 atom stereocenters. The number of nitriles is 1. The van der Waals surface area contributed by atoms with E-state index >= 15 is 0 Å². The lowest BCUT2D eigenvalue weighted by molar-refractivity contribution is -0.137. The number of nitrogens with zero attached hydrogens (tertiary/aromatic N) is 3. The van der Waals surface area contributed by atoms with Crippen molar-refractivity contribution in [1.82, 2.24) is 9.80 Å². The summed E-state index contributed by atoms with van der Waals surface area (Å²) >= 11 is 0. The molecule has 0 saturated carbocycles. The van der Waals surface area contributed by atoms with Crippen LogP contribution in [0.5, 0.6) is 5.75 Å². The van der Waals surface area contributed by atoms with Gasteiger partial charge in [0.25, 0.3) is 5.91 Å². The largest absolute Gasteiger partial charge is 0.508 e. The van der Waals surface area contributed by atoms with Crippen LogP contribution in [0.15, 0.2) is 29.8 Å². The molecule has 1 aromatic carbocycles. The number of carboxylic acid groups (broad SMARTS) is 1. The van der Waals surface area contributed by atoms with Gasteiger partial charge in [0, 0.05) is 32.6 Å². The molecular formula is C20H26ClN3O4. The lowest BCUT2D eigenvalue weighted by Gasteiger charge is -2.34. The minimum atomic E-state index is -0.754. The number of carboxylic acids is 1. The minimum Gasteiger partial charge on any atom is -0.508 e. The summed E-state index contributed by atoms with van der Waals surface area (Å²) in [6.07, 6.45) is 4.29. The summed E-state index contributed by atoms with van der Waals surface area (Å²) in [7, 11) is 0. The molecule has 1 fully saturated rings. The number of carbonyl (C=O) groups is 2. The summed E-state index contributed by atoms with van der Waals surface area (Å²) in [5.74, 6) is -0.890. The van der Waals surface area contributed by atoms with Gasteiger partial charge >= 0.3 is 5.97 Å². The van der Waals surface area contributed by atoms with Crippen LogP contribution in [-0.4, -0.2) is 64.6 Å². The zero-order valence-corrected chi connectivity index (χ0v) is 16.5. The molecule has 1 amide bonds. The molecule has 1 heterocycles. The molecule has 0 aliphatic carbocycles. The van der Waals surface area contributed by atoms with Crippen LogP contribution in [0.4, 0.5) is 0 Å². The Kier molecular flexibility index (Phi) is 10.1. The number of unbranched alkanes of at least 4 members (excludes halogenated alkanes) is 2. The second-order valence-electron chi connectivity index (χ2n) is 6.60. The van der Waals surface area contributed by atoms with Gasteiger partial charge in [-0.1, -0.05) is 18.6 Å². The van der Waals surface area contributed by atoms with Gasteiger partial charge in [0.1, 0.15) is 17.4 Å². The van der Waals surface area contributed by atoms with Crippen molar-refractivity contribution in [3.63, 3.8) is 0 Å². The van der Waals surface area contributed by atoms with Crippen LogP contribution in [0, 0.1) is 11.3 Å². The molecule has 2 N–H and O–H groups in total. The number of carbonyl (C=O) groups excluding carboxylic acids is 1. The first-order valence-electron chi connectivity index (χ1n) is 9.14. The first-order chi connectivity index (χ1) is 13.0. The number of hydrogen-bond acceptors (Lipinski definition) is 5. The van der Waals surface area contributed by atoms with E-state index in [-0.39, 0.29) is 36.1 Å². The lowest BCUT2D eigenvalue weighted by atomic mass is 10.1. The third kappa shape index (κ3) is 7.59. The molecule has 1 aliphatic rings. The Hall–Kier alpha value is -2.56. The monoisotopic (exact) mass is 407 g/mol. The number of benzene rings is 1. The molecule has 1 aliphatic heterocycles. The average Bonchev–Trinajstić information content (AvgIpc) is 2.67. The maximum absolute atomic E-state index is 12.6. The lowest BCUT2D eigenvalue weighted by Crippen LogP contribution is -2.49. The summed E-state index contributed by atoms with van der Waals surface area (Å²) in [6.45, 7) is 3.55. The van der Waals surface area contributed by atoms with Crippen LogP contribution in [-0.2, 0) is 9.59 Å². The van der Waals surface area contributed by atoms with Crippen molar-refractivity contribution >= 4 is 30.4 Å². The quantitative estimate of drug-likeness (QED) is 0.389. The number of amides is 1. The fourth-order valence-corrected chi connectivity index (χ4v) is 3.01. The van der Waals surface area contributed by atoms with Gasteiger partial charge in [-0.2, -0.15) is 5.26 Å². The van der Waals surface area contributed by atoms with Gasteiger partial charge in [-0.25, -0.2) is 0 Å². The second kappa shape index (κ2) is 12.0. The molecule has 28 heavy (non-hydrogen) atoms. The Morgan fingerprint density at radius 3 is 2.29 bits per heavy atom. The zero-order chi connectivity index (χ0) is 19.6. The van der Waals surface area contributed by atoms with E-state index in [1.54, 1.807) is 17.0 Å². The summed E-state index contributed by atoms with van der Waals surface area (Å²) in [6, 6.07) is 8.32. The highest BCUT2D eigenvalue weighted by atomic mass is 35.5. The molecule has 7 nitrogen and oxygen atoms in total. The Labute approximate surface area is 171 Å². The number of phenols is 1. The van der Waals surface area contributed by atoms with Crippen molar-refractivity contribution < 1.29 is 19.8 Å². The van der Waals surface area contributed by atoms with Crippen LogP contribution >= 0.6 is 12.4 Å². The number of phenolic OH excluding ortho intramolecular Hbond substituents is 1. The molecule has 8 heteroatoms. The first kappa shape index (κ1) is 23.5. The van der Waals surface area contributed by atoms with Gasteiger partial charge in [-0.05, 0) is 43.2 Å². The van der Waals surface area contributed by atoms with Crippen LogP contribution in [0.2, 0.25) is 0 Å². The van der Waals surface area contributed by atoms with Crippen molar-refractivity contribution in [2.75, 3.05) is 32.7 Å². The predicted octanol–water partition coefficient (Wildman–Crippen LogP) is 2.51. The van der Waals surface area contributed by atoms with E-state index < -0.39 is 5.97 Å². The highest BCUT2D eigenvalue weighted by Crippen LogP contribution is 2.15. The van der Waals surface area contributed by atoms with Gasteiger partial charge in [0.2, 0.25) is 0 Å². The molecule has 0 unspecified atom stereocenters. The number of rotatable bonds is 8. The molecular weight excluding hydrogens is 382 g/mol. The van der Waals surface area contributed by atoms with Crippen LogP contribution < -0.4 is 0 Å². The Morgan fingerprint density at radius 1 is 1.07 bits per heavy atom. The van der Waals surface area contributed by atoms with E-state index in [4.69, 9.17) is 5.11 Å². The Balaban J connectivity index is 0.00000392. The maximum atomic E-state index is 12.6. The topological polar surface area (TPSA) is 105 Å². The third-order valence-electron chi connectivity index (χ3n) is 4.58. The fourth-order valence-electron chi connectivity index (χ4n) is 3.01. The van der Waals surface area contributed by atoms with E-state index in [2.05, 4.69) is 4.90 Å². The summed E-state index contributed by atoms with van der Waals surface area (Å²) in [4.78, 5) is 27.0. The first-order valence-corrected chi connectivity index (χ1v) is 9.14. The highest BCUT2D eigenvalue weighted by Gasteiger charge is 2.23. The number of aliphatic carboxylic acids is 1. The minimum absolute atomic E-state index is 0. The van der Waals surface area contributed by atoms with E-state index in [0.717, 1.165) is 32.5 Å². The number of aromatic hydroxyl groups is 1. The summed E-state index contributed by atoms with van der Waals surface area (Å²) in [5, 5.41) is 27.3. The van der Waals surface area contributed by atoms with E-state index in [1.807, 2.05) is 6.07 Å². The number of piperazine rings is 1.